The summed E-state index contributed by atoms with van der Waals surface area (Å²) in [6.45, 7) is 8.45. The van der Waals surface area contributed by atoms with E-state index in [9.17, 15) is 13.2 Å². The van der Waals surface area contributed by atoms with Gasteiger partial charge in [-0.2, -0.15) is 13.2 Å². The number of hydrogen-bond donors (Lipinski definition) is 1. The van der Waals surface area contributed by atoms with Crippen molar-refractivity contribution in [3.8, 4) is 0 Å². The summed E-state index contributed by atoms with van der Waals surface area (Å²) in [6, 6.07) is -1.40. The van der Waals surface area contributed by atoms with E-state index in [2.05, 4.69) is 15.3 Å². The number of nitrogens with one attached hydrogen (secondary N) is 1. The fourth-order valence-electron chi connectivity index (χ4n) is 2.73. The first-order chi connectivity index (χ1) is 11.8. The minimum atomic E-state index is -4.17. The Bertz CT molecular complexity index is 570. The SMILES string of the molecule is CCNC(=NCCc1ncc(C)s1)N1CCN(C(C)C(F)(F)F)CC1.I. The average Bonchev–Trinajstić information content (AvgIpc) is 2.98. The summed E-state index contributed by atoms with van der Waals surface area (Å²) >= 11 is 1.67. The van der Waals surface area contributed by atoms with Gasteiger partial charge in [-0.05, 0) is 20.8 Å². The van der Waals surface area contributed by atoms with Crippen LogP contribution in [0.25, 0.3) is 0 Å². The highest BCUT2D eigenvalue weighted by Gasteiger charge is 2.41. The molecule has 150 valence electrons. The van der Waals surface area contributed by atoms with Gasteiger partial charge in [0.1, 0.15) is 6.04 Å². The maximum absolute atomic E-state index is 12.8. The van der Waals surface area contributed by atoms with Crippen LogP contribution in [0.4, 0.5) is 13.2 Å². The topological polar surface area (TPSA) is 43.8 Å². The van der Waals surface area contributed by atoms with Gasteiger partial charge in [0.2, 0.25) is 0 Å². The molecule has 1 unspecified atom stereocenters. The predicted molar refractivity (Wildman–Crippen MR) is 111 cm³/mol. The summed E-state index contributed by atoms with van der Waals surface area (Å²) in [4.78, 5) is 13.6. The molecule has 0 radical (unpaired) electrons. The summed E-state index contributed by atoms with van der Waals surface area (Å²) in [5.74, 6) is 0.773. The van der Waals surface area contributed by atoms with Crippen LogP contribution in [0, 0.1) is 6.92 Å². The zero-order valence-corrected chi connectivity index (χ0v) is 18.5. The second-order valence-corrected chi connectivity index (χ2v) is 7.41. The van der Waals surface area contributed by atoms with E-state index >= 15 is 0 Å². The van der Waals surface area contributed by atoms with Gasteiger partial charge in [-0.25, -0.2) is 4.98 Å². The molecule has 1 atom stereocenters. The Morgan fingerprint density at radius 1 is 1.35 bits per heavy atom. The van der Waals surface area contributed by atoms with Crippen LogP contribution in [0.1, 0.15) is 23.7 Å². The number of hydrogen-bond acceptors (Lipinski definition) is 4. The van der Waals surface area contributed by atoms with Crippen molar-refractivity contribution in [2.24, 2.45) is 4.99 Å². The summed E-state index contributed by atoms with van der Waals surface area (Å²) in [5, 5.41) is 4.29. The Hall–Kier alpha value is -0.620. The standard InChI is InChI=1S/C16H26F3N5S.HI/c1-4-20-15(21-6-5-14-22-11-12(2)25-14)24-9-7-23(8-10-24)13(3)16(17,18)19;/h11,13H,4-10H2,1-3H3,(H,20,21);1H. The van der Waals surface area contributed by atoms with Crippen LogP contribution >= 0.6 is 35.3 Å². The van der Waals surface area contributed by atoms with Gasteiger partial charge in [0, 0.05) is 56.8 Å². The van der Waals surface area contributed by atoms with Gasteiger partial charge in [-0.1, -0.05) is 0 Å². The fourth-order valence-corrected chi connectivity index (χ4v) is 3.50. The lowest BCUT2D eigenvalue weighted by Crippen LogP contribution is -2.56. The molecule has 1 aromatic rings. The number of aromatic nitrogens is 1. The van der Waals surface area contributed by atoms with Crippen molar-refractivity contribution >= 4 is 41.3 Å². The lowest BCUT2D eigenvalue weighted by Gasteiger charge is -2.39. The smallest absolute Gasteiger partial charge is 0.357 e. The van der Waals surface area contributed by atoms with Crippen LogP contribution < -0.4 is 5.32 Å². The van der Waals surface area contributed by atoms with Crippen LogP contribution in [-0.2, 0) is 6.42 Å². The molecule has 26 heavy (non-hydrogen) atoms. The molecule has 0 spiro atoms. The van der Waals surface area contributed by atoms with E-state index in [0.717, 1.165) is 23.9 Å². The molecule has 0 bridgehead atoms. The van der Waals surface area contributed by atoms with Gasteiger partial charge in [-0.15, -0.1) is 35.3 Å². The zero-order valence-electron chi connectivity index (χ0n) is 15.3. The third-order valence-electron chi connectivity index (χ3n) is 4.23. The molecule has 1 saturated heterocycles. The van der Waals surface area contributed by atoms with E-state index in [0.29, 0.717) is 32.7 Å². The minimum absolute atomic E-state index is 0. The molecule has 0 amide bonds. The van der Waals surface area contributed by atoms with Gasteiger partial charge in [-0.3, -0.25) is 9.89 Å². The molecule has 0 aromatic carbocycles. The van der Waals surface area contributed by atoms with Crippen LogP contribution in [0.15, 0.2) is 11.2 Å². The zero-order chi connectivity index (χ0) is 18.4. The van der Waals surface area contributed by atoms with Crippen LogP contribution in [0.5, 0.6) is 0 Å². The second kappa shape index (κ2) is 10.6. The third kappa shape index (κ3) is 6.84. The highest BCUT2D eigenvalue weighted by Crippen LogP contribution is 2.25. The van der Waals surface area contributed by atoms with Crippen molar-refractivity contribution in [3.63, 3.8) is 0 Å². The van der Waals surface area contributed by atoms with Gasteiger partial charge < -0.3 is 10.2 Å². The molecule has 1 N–H and O–H groups in total. The monoisotopic (exact) mass is 505 g/mol. The Balaban J connectivity index is 0.00000338. The van der Waals surface area contributed by atoms with Gasteiger partial charge in [0.25, 0.3) is 0 Å². The highest BCUT2D eigenvalue weighted by molar-refractivity contribution is 14.0. The molecule has 1 fully saturated rings. The third-order valence-corrected chi connectivity index (χ3v) is 5.20. The number of nitrogens with zero attached hydrogens (tertiary/aromatic N) is 4. The number of aliphatic imine (C=N–C) groups is 1. The van der Waals surface area contributed by atoms with Crippen molar-refractivity contribution in [3.05, 3.63) is 16.1 Å². The van der Waals surface area contributed by atoms with Crippen molar-refractivity contribution in [2.75, 3.05) is 39.3 Å². The first kappa shape index (κ1) is 23.4. The molecular weight excluding hydrogens is 478 g/mol. The van der Waals surface area contributed by atoms with Crippen molar-refractivity contribution in [1.29, 1.82) is 0 Å². The first-order valence-corrected chi connectivity index (χ1v) is 9.38. The molecular formula is C16H27F3IN5S. The number of guanidine groups is 1. The summed E-state index contributed by atoms with van der Waals surface area (Å²) in [6.07, 6.45) is -1.54. The maximum Gasteiger partial charge on any atom is 0.403 e. The largest absolute Gasteiger partial charge is 0.403 e. The van der Waals surface area contributed by atoms with Crippen molar-refractivity contribution < 1.29 is 13.2 Å². The van der Waals surface area contributed by atoms with Crippen molar-refractivity contribution in [1.82, 2.24) is 20.1 Å². The number of alkyl halides is 3. The van der Waals surface area contributed by atoms with E-state index in [1.807, 2.05) is 24.9 Å². The van der Waals surface area contributed by atoms with Crippen LogP contribution in [0.2, 0.25) is 0 Å². The highest BCUT2D eigenvalue weighted by atomic mass is 127. The first-order valence-electron chi connectivity index (χ1n) is 8.56. The maximum atomic E-state index is 12.8. The number of halogens is 4. The van der Waals surface area contributed by atoms with Gasteiger partial charge in [0.15, 0.2) is 5.96 Å². The van der Waals surface area contributed by atoms with Crippen LogP contribution in [0.3, 0.4) is 0 Å². The number of piperazine rings is 1. The Morgan fingerprint density at radius 2 is 2.00 bits per heavy atom. The Labute approximate surface area is 174 Å². The lowest BCUT2D eigenvalue weighted by molar-refractivity contribution is -0.181. The molecule has 1 aliphatic rings. The molecule has 5 nitrogen and oxygen atoms in total. The summed E-state index contributed by atoms with van der Waals surface area (Å²) in [5.41, 5.74) is 0. The molecule has 1 aliphatic heterocycles. The quantitative estimate of drug-likeness (QED) is 0.380. The summed E-state index contributed by atoms with van der Waals surface area (Å²) < 4.78 is 38.5. The van der Waals surface area contributed by atoms with E-state index in [-0.39, 0.29) is 24.0 Å². The molecule has 0 saturated carbocycles. The number of aryl methyl sites for hydroxylation is 1. The normalized spacial score (nSPS) is 17.8. The molecule has 10 heteroatoms. The average molecular weight is 505 g/mol. The summed E-state index contributed by atoms with van der Waals surface area (Å²) in [7, 11) is 0. The molecule has 2 rings (SSSR count). The van der Waals surface area contributed by atoms with Crippen molar-refractivity contribution in [2.45, 2.75) is 39.4 Å². The van der Waals surface area contributed by atoms with Crippen LogP contribution in [-0.4, -0.2) is 72.2 Å². The fraction of sp³-hybridized carbons (Fsp3) is 0.750. The van der Waals surface area contributed by atoms with E-state index < -0.39 is 12.2 Å². The van der Waals surface area contributed by atoms with Gasteiger partial charge >= 0.3 is 6.18 Å². The molecule has 0 aliphatic carbocycles. The minimum Gasteiger partial charge on any atom is -0.357 e. The van der Waals surface area contributed by atoms with E-state index in [1.165, 1.54) is 16.7 Å². The predicted octanol–water partition coefficient (Wildman–Crippen LogP) is 3.15. The van der Waals surface area contributed by atoms with Gasteiger partial charge in [0.05, 0.1) is 5.01 Å². The Kier molecular flexibility index (Phi) is 9.59. The lowest BCUT2D eigenvalue weighted by atomic mass is 10.2. The number of rotatable bonds is 5. The molecule has 2 heterocycles. The Morgan fingerprint density at radius 3 is 2.50 bits per heavy atom. The number of thiazole rings is 1. The van der Waals surface area contributed by atoms with E-state index in [1.54, 1.807) is 11.3 Å². The molecule has 1 aromatic heterocycles. The van der Waals surface area contributed by atoms with E-state index in [4.69, 9.17) is 0 Å². The second-order valence-electron chi connectivity index (χ2n) is 6.09.